The van der Waals surface area contributed by atoms with Crippen LogP contribution in [-0.4, -0.2) is 5.91 Å². The molecule has 0 saturated carbocycles. The molecule has 2 heteroatoms. The average Bonchev–Trinajstić information content (AvgIpc) is 2.44. The van der Waals surface area contributed by atoms with Crippen LogP contribution in [0.5, 0.6) is 0 Å². The average molecular weight is 283 g/mol. The number of hydrogen-bond acceptors (Lipinski definition) is 1. The molecular weight excluding hydrogens is 246 g/mol. The van der Waals surface area contributed by atoms with Crippen LogP contribution in [0.25, 0.3) is 0 Å². The highest BCUT2D eigenvalue weighted by atomic mass is 16.1. The molecule has 0 heterocycles. The van der Waals surface area contributed by atoms with Gasteiger partial charge in [0.2, 0.25) is 5.91 Å². The lowest BCUT2D eigenvalue weighted by Crippen LogP contribution is -2.09. The number of amides is 1. The van der Waals surface area contributed by atoms with E-state index < -0.39 is 0 Å². The quantitative estimate of drug-likeness (QED) is 0.339. The predicted octanol–water partition coefficient (Wildman–Crippen LogP) is 5.76. The van der Waals surface area contributed by atoms with E-state index in [1.165, 1.54) is 64.2 Å². The SMILES string of the molecule is C=CCC.CCCCCCCCCCCCCC(N)=O. The van der Waals surface area contributed by atoms with Crippen LogP contribution < -0.4 is 5.73 Å². The number of primary amides is 1. The molecule has 0 unspecified atom stereocenters. The lowest BCUT2D eigenvalue weighted by atomic mass is 10.1. The van der Waals surface area contributed by atoms with E-state index >= 15 is 0 Å². The molecule has 120 valence electrons. The zero-order chi connectivity index (χ0) is 15.5. The van der Waals surface area contributed by atoms with Gasteiger partial charge in [0.1, 0.15) is 0 Å². The number of hydrogen-bond donors (Lipinski definition) is 1. The summed E-state index contributed by atoms with van der Waals surface area (Å²) in [6.07, 6.45) is 18.0. The molecular formula is C18H37NO. The minimum absolute atomic E-state index is 0.157. The molecule has 0 aliphatic carbocycles. The largest absolute Gasteiger partial charge is 0.370 e. The zero-order valence-electron chi connectivity index (χ0n) is 14.0. The summed E-state index contributed by atoms with van der Waals surface area (Å²) in [6.45, 7) is 7.80. The second-order valence-electron chi connectivity index (χ2n) is 5.45. The van der Waals surface area contributed by atoms with Crippen LogP contribution in [0.1, 0.15) is 97.3 Å². The fourth-order valence-corrected chi connectivity index (χ4v) is 1.96. The van der Waals surface area contributed by atoms with E-state index in [1.54, 1.807) is 0 Å². The van der Waals surface area contributed by atoms with E-state index in [2.05, 4.69) is 20.4 Å². The third-order valence-electron chi connectivity index (χ3n) is 3.32. The van der Waals surface area contributed by atoms with Crippen molar-refractivity contribution in [2.75, 3.05) is 0 Å². The first-order valence-corrected chi connectivity index (χ1v) is 8.58. The van der Waals surface area contributed by atoms with Crippen LogP contribution >= 0.6 is 0 Å². The van der Waals surface area contributed by atoms with Crippen molar-refractivity contribution in [1.82, 2.24) is 0 Å². The summed E-state index contributed by atoms with van der Waals surface area (Å²) in [5, 5.41) is 0. The molecule has 0 rings (SSSR count). The summed E-state index contributed by atoms with van der Waals surface area (Å²) < 4.78 is 0. The third-order valence-corrected chi connectivity index (χ3v) is 3.32. The highest BCUT2D eigenvalue weighted by Gasteiger charge is 1.95. The van der Waals surface area contributed by atoms with Gasteiger partial charge in [0.15, 0.2) is 0 Å². The Kier molecular flexibility index (Phi) is 22.1. The van der Waals surface area contributed by atoms with E-state index in [0.717, 1.165) is 12.8 Å². The van der Waals surface area contributed by atoms with Gasteiger partial charge in [-0.05, 0) is 12.8 Å². The fourth-order valence-electron chi connectivity index (χ4n) is 1.96. The molecule has 0 bridgehead atoms. The number of allylic oxidation sites excluding steroid dienone is 1. The number of rotatable bonds is 13. The Bertz CT molecular complexity index is 202. The van der Waals surface area contributed by atoms with Gasteiger partial charge in [0.05, 0.1) is 0 Å². The van der Waals surface area contributed by atoms with Gasteiger partial charge in [-0.1, -0.05) is 84.1 Å². The lowest BCUT2D eigenvalue weighted by Gasteiger charge is -2.01. The summed E-state index contributed by atoms with van der Waals surface area (Å²) >= 11 is 0. The summed E-state index contributed by atoms with van der Waals surface area (Å²) in [5.74, 6) is -0.157. The Morgan fingerprint density at radius 2 is 1.20 bits per heavy atom. The van der Waals surface area contributed by atoms with E-state index in [4.69, 9.17) is 5.73 Å². The number of carbonyl (C=O) groups excluding carboxylic acids is 1. The van der Waals surface area contributed by atoms with Gasteiger partial charge in [-0.3, -0.25) is 4.79 Å². The first-order valence-electron chi connectivity index (χ1n) is 8.58. The number of unbranched alkanes of at least 4 members (excludes halogenated alkanes) is 10. The molecule has 0 aromatic carbocycles. The van der Waals surface area contributed by atoms with Crippen molar-refractivity contribution in [3.63, 3.8) is 0 Å². The maximum absolute atomic E-state index is 10.5. The molecule has 2 N–H and O–H groups in total. The van der Waals surface area contributed by atoms with Crippen molar-refractivity contribution in [3.05, 3.63) is 12.7 Å². The first kappa shape index (κ1) is 21.5. The minimum Gasteiger partial charge on any atom is -0.370 e. The molecule has 20 heavy (non-hydrogen) atoms. The van der Waals surface area contributed by atoms with Crippen molar-refractivity contribution in [2.24, 2.45) is 5.73 Å². The Labute approximate surface area is 127 Å². The number of nitrogens with two attached hydrogens (primary N) is 1. The maximum Gasteiger partial charge on any atom is 0.217 e. The van der Waals surface area contributed by atoms with Crippen LogP contribution in [0.4, 0.5) is 0 Å². The maximum atomic E-state index is 10.5. The summed E-state index contributed by atoms with van der Waals surface area (Å²) in [7, 11) is 0. The second-order valence-corrected chi connectivity index (χ2v) is 5.45. The van der Waals surface area contributed by atoms with Crippen LogP contribution in [0.3, 0.4) is 0 Å². The molecule has 0 spiro atoms. The molecule has 1 amide bonds. The van der Waals surface area contributed by atoms with Gasteiger partial charge in [-0.2, -0.15) is 0 Å². The molecule has 0 atom stereocenters. The van der Waals surface area contributed by atoms with Crippen molar-refractivity contribution < 1.29 is 4.79 Å². The van der Waals surface area contributed by atoms with E-state index in [9.17, 15) is 4.79 Å². The van der Waals surface area contributed by atoms with Crippen LogP contribution in [-0.2, 0) is 4.79 Å². The van der Waals surface area contributed by atoms with Gasteiger partial charge >= 0.3 is 0 Å². The molecule has 0 aliphatic heterocycles. The van der Waals surface area contributed by atoms with Crippen molar-refractivity contribution in [1.29, 1.82) is 0 Å². The minimum atomic E-state index is -0.157. The second kappa shape index (κ2) is 20.5. The predicted molar refractivity (Wildman–Crippen MR) is 90.8 cm³/mol. The molecule has 0 fully saturated rings. The summed E-state index contributed by atoms with van der Waals surface area (Å²) in [4.78, 5) is 10.5. The zero-order valence-corrected chi connectivity index (χ0v) is 14.0. The van der Waals surface area contributed by atoms with Crippen LogP contribution in [0.15, 0.2) is 12.7 Å². The molecule has 0 aromatic heterocycles. The highest BCUT2D eigenvalue weighted by Crippen LogP contribution is 2.11. The standard InChI is InChI=1S/C14H29NO.C4H8/c1-2-3-4-5-6-7-8-9-10-11-12-13-14(15)16;1-3-4-2/h2-13H2,1H3,(H2,15,16);3H,1,4H2,2H3. The Morgan fingerprint density at radius 3 is 1.50 bits per heavy atom. The first-order chi connectivity index (χ1) is 9.68. The smallest absolute Gasteiger partial charge is 0.217 e. The molecule has 0 radical (unpaired) electrons. The van der Waals surface area contributed by atoms with Gasteiger partial charge in [-0.25, -0.2) is 0 Å². The Hall–Kier alpha value is -0.790. The Balaban J connectivity index is 0. The van der Waals surface area contributed by atoms with E-state index in [0.29, 0.717) is 6.42 Å². The molecule has 0 aromatic rings. The normalized spacial score (nSPS) is 9.70. The van der Waals surface area contributed by atoms with Gasteiger partial charge in [-0.15, -0.1) is 6.58 Å². The lowest BCUT2D eigenvalue weighted by molar-refractivity contribution is -0.118. The third kappa shape index (κ3) is 25.9. The van der Waals surface area contributed by atoms with Gasteiger partial charge < -0.3 is 5.73 Å². The monoisotopic (exact) mass is 283 g/mol. The van der Waals surface area contributed by atoms with E-state index in [-0.39, 0.29) is 5.91 Å². The molecule has 0 aliphatic rings. The van der Waals surface area contributed by atoms with Crippen LogP contribution in [0, 0.1) is 0 Å². The summed E-state index contributed by atoms with van der Waals surface area (Å²) in [6, 6.07) is 0. The molecule has 0 saturated heterocycles. The highest BCUT2D eigenvalue weighted by molar-refractivity contribution is 5.73. The van der Waals surface area contributed by atoms with E-state index in [1.807, 2.05) is 6.08 Å². The van der Waals surface area contributed by atoms with Crippen molar-refractivity contribution in [3.8, 4) is 0 Å². The Morgan fingerprint density at radius 1 is 0.850 bits per heavy atom. The fraction of sp³-hybridized carbons (Fsp3) is 0.833. The van der Waals surface area contributed by atoms with Gasteiger partial charge in [0, 0.05) is 6.42 Å². The summed E-state index contributed by atoms with van der Waals surface area (Å²) in [5.41, 5.74) is 5.07. The van der Waals surface area contributed by atoms with Gasteiger partial charge in [0.25, 0.3) is 0 Å². The number of carbonyl (C=O) groups is 1. The topological polar surface area (TPSA) is 43.1 Å². The van der Waals surface area contributed by atoms with Crippen molar-refractivity contribution in [2.45, 2.75) is 97.3 Å². The molecule has 2 nitrogen and oxygen atoms in total. The van der Waals surface area contributed by atoms with Crippen molar-refractivity contribution >= 4 is 5.91 Å². The van der Waals surface area contributed by atoms with Crippen LogP contribution in [0.2, 0.25) is 0 Å².